The zero-order chi connectivity index (χ0) is 11.8. The van der Waals surface area contributed by atoms with Crippen LogP contribution in [0, 0.1) is 5.92 Å². The van der Waals surface area contributed by atoms with Gasteiger partial charge in [0.15, 0.2) is 0 Å². The van der Waals surface area contributed by atoms with Crippen molar-refractivity contribution in [1.82, 2.24) is 4.90 Å². The van der Waals surface area contributed by atoms with Crippen LogP contribution in [0.3, 0.4) is 0 Å². The van der Waals surface area contributed by atoms with E-state index in [4.69, 9.17) is 10.5 Å². The number of nitrogens with zero attached hydrogens (tertiary/aromatic N) is 1. The van der Waals surface area contributed by atoms with E-state index >= 15 is 0 Å². The first-order valence-corrected chi connectivity index (χ1v) is 6.71. The number of nitrogens with two attached hydrogens (primary N) is 1. The maximum atomic E-state index is 5.60. The smallest absolute Gasteiger partial charge is 0.0618 e. The molecule has 2 atom stereocenters. The molecule has 0 aromatic rings. The van der Waals surface area contributed by atoms with Gasteiger partial charge in [-0.1, -0.05) is 6.92 Å². The third-order valence-corrected chi connectivity index (χ3v) is 3.67. The van der Waals surface area contributed by atoms with Crippen molar-refractivity contribution in [3.63, 3.8) is 0 Å². The summed E-state index contributed by atoms with van der Waals surface area (Å²) in [5, 5.41) is 0. The molecule has 1 fully saturated rings. The van der Waals surface area contributed by atoms with Gasteiger partial charge in [0.05, 0.1) is 6.61 Å². The second-order valence-electron chi connectivity index (χ2n) is 5.11. The second-order valence-corrected chi connectivity index (χ2v) is 5.11. The lowest BCUT2D eigenvalue weighted by molar-refractivity contribution is 0.0855. The van der Waals surface area contributed by atoms with Crippen molar-refractivity contribution >= 4 is 0 Å². The Bertz CT molecular complexity index is 173. The van der Waals surface area contributed by atoms with Crippen molar-refractivity contribution in [3.05, 3.63) is 0 Å². The van der Waals surface area contributed by atoms with Crippen molar-refractivity contribution in [2.45, 2.75) is 45.1 Å². The van der Waals surface area contributed by atoms with E-state index in [1.165, 1.54) is 38.8 Å². The fourth-order valence-electron chi connectivity index (χ4n) is 2.57. The molecule has 2 unspecified atom stereocenters. The number of hydrogen-bond acceptors (Lipinski definition) is 3. The van der Waals surface area contributed by atoms with Crippen molar-refractivity contribution in [2.75, 3.05) is 33.4 Å². The Morgan fingerprint density at radius 3 is 2.88 bits per heavy atom. The lowest BCUT2D eigenvalue weighted by Crippen LogP contribution is -2.39. The van der Waals surface area contributed by atoms with Crippen molar-refractivity contribution in [2.24, 2.45) is 11.7 Å². The van der Waals surface area contributed by atoms with Crippen molar-refractivity contribution in [1.29, 1.82) is 0 Å². The van der Waals surface area contributed by atoms with Gasteiger partial charge in [-0.05, 0) is 57.7 Å². The van der Waals surface area contributed by atoms with E-state index in [0.29, 0.717) is 6.04 Å². The Kier molecular flexibility index (Phi) is 7.01. The van der Waals surface area contributed by atoms with Crippen LogP contribution in [0.25, 0.3) is 0 Å². The van der Waals surface area contributed by atoms with Crippen molar-refractivity contribution < 1.29 is 4.74 Å². The van der Waals surface area contributed by atoms with Gasteiger partial charge in [0.1, 0.15) is 0 Å². The van der Waals surface area contributed by atoms with Crippen LogP contribution in [0.4, 0.5) is 0 Å². The molecule has 1 saturated heterocycles. The second kappa shape index (κ2) is 8.04. The molecular weight excluding hydrogens is 200 g/mol. The standard InChI is InChI=1S/C13H28N2O/c1-12-5-4-9-15(10-7-12)13(11-16-2)6-3-8-14/h12-13H,3-11,14H2,1-2H3. The lowest BCUT2D eigenvalue weighted by atomic mass is 10.0. The van der Waals surface area contributed by atoms with Crippen LogP contribution >= 0.6 is 0 Å². The Labute approximate surface area is 100 Å². The molecule has 0 aliphatic carbocycles. The van der Waals surface area contributed by atoms with Crippen LogP contribution in [-0.2, 0) is 4.74 Å². The minimum absolute atomic E-state index is 0.582. The molecule has 0 bridgehead atoms. The van der Waals surface area contributed by atoms with Crippen LogP contribution in [0.1, 0.15) is 39.0 Å². The quantitative estimate of drug-likeness (QED) is 0.754. The van der Waals surface area contributed by atoms with Gasteiger partial charge in [-0.2, -0.15) is 0 Å². The van der Waals surface area contributed by atoms with Crippen LogP contribution in [0.5, 0.6) is 0 Å². The van der Waals surface area contributed by atoms with Gasteiger partial charge in [-0.15, -0.1) is 0 Å². The van der Waals surface area contributed by atoms with E-state index in [1.807, 2.05) is 0 Å². The summed E-state index contributed by atoms with van der Waals surface area (Å²) < 4.78 is 5.34. The van der Waals surface area contributed by atoms with E-state index in [1.54, 1.807) is 7.11 Å². The fraction of sp³-hybridized carbons (Fsp3) is 1.00. The number of hydrogen-bond donors (Lipinski definition) is 1. The van der Waals surface area contributed by atoms with Gasteiger partial charge >= 0.3 is 0 Å². The highest BCUT2D eigenvalue weighted by molar-refractivity contribution is 4.75. The molecule has 1 heterocycles. The average molecular weight is 228 g/mol. The molecular formula is C13H28N2O. The first kappa shape index (κ1) is 13.9. The largest absolute Gasteiger partial charge is 0.383 e. The Balaban J connectivity index is 2.41. The molecule has 1 rings (SSSR count). The number of ether oxygens (including phenoxy) is 1. The summed E-state index contributed by atoms with van der Waals surface area (Å²) in [4.78, 5) is 2.61. The molecule has 2 N–H and O–H groups in total. The van der Waals surface area contributed by atoms with Crippen LogP contribution < -0.4 is 5.73 Å². The van der Waals surface area contributed by atoms with Gasteiger partial charge < -0.3 is 10.5 Å². The molecule has 1 aliphatic rings. The Morgan fingerprint density at radius 1 is 1.38 bits per heavy atom. The Hall–Kier alpha value is -0.120. The zero-order valence-corrected chi connectivity index (χ0v) is 11.0. The maximum absolute atomic E-state index is 5.60. The van der Waals surface area contributed by atoms with Gasteiger partial charge in [0.2, 0.25) is 0 Å². The third-order valence-electron chi connectivity index (χ3n) is 3.67. The summed E-state index contributed by atoms with van der Waals surface area (Å²) in [5.74, 6) is 0.891. The zero-order valence-electron chi connectivity index (χ0n) is 11.0. The third kappa shape index (κ3) is 4.81. The molecule has 0 aromatic heterocycles. The predicted molar refractivity (Wildman–Crippen MR) is 68.5 cm³/mol. The first-order chi connectivity index (χ1) is 7.77. The van der Waals surface area contributed by atoms with E-state index in [2.05, 4.69) is 11.8 Å². The van der Waals surface area contributed by atoms with Crippen LogP contribution in [0.15, 0.2) is 0 Å². The monoisotopic (exact) mass is 228 g/mol. The van der Waals surface area contributed by atoms with Gasteiger partial charge in [0.25, 0.3) is 0 Å². The highest BCUT2D eigenvalue weighted by atomic mass is 16.5. The molecule has 0 saturated carbocycles. The molecule has 1 aliphatic heterocycles. The molecule has 0 radical (unpaired) electrons. The van der Waals surface area contributed by atoms with Gasteiger partial charge in [-0.3, -0.25) is 4.90 Å². The minimum atomic E-state index is 0.582. The molecule has 96 valence electrons. The summed E-state index contributed by atoms with van der Waals surface area (Å²) in [7, 11) is 1.80. The van der Waals surface area contributed by atoms with Gasteiger partial charge in [0, 0.05) is 13.2 Å². The molecule has 0 aromatic carbocycles. The SMILES string of the molecule is COCC(CCCN)N1CCCC(C)CC1. The summed E-state index contributed by atoms with van der Waals surface area (Å²) in [6.45, 7) is 6.50. The summed E-state index contributed by atoms with van der Waals surface area (Å²) in [6, 6.07) is 0.582. The molecule has 0 spiro atoms. The fourth-order valence-corrected chi connectivity index (χ4v) is 2.57. The average Bonchev–Trinajstić information content (AvgIpc) is 2.49. The van der Waals surface area contributed by atoms with E-state index in [0.717, 1.165) is 25.5 Å². The Morgan fingerprint density at radius 2 is 2.19 bits per heavy atom. The molecule has 3 heteroatoms. The minimum Gasteiger partial charge on any atom is -0.383 e. The summed E-state index contributed by atoms with van der Waals surface area (Å²) in [5.41, 5.74) is 5.60. The van der Waals surface area contributed by atoms with Crippen molar-refractivity contribution in [3.8, 4) is 0 Å². The maximum Gasteiger partial charge on any atom is 0.0618 e. The summed E-state index contributed by atoms with van der Waals surface area (Å²) >= 11 is 0. The highest BCUT2D eigenvalue weighted by Gasteiger charge is 2.21. The highest BCUT2D eigenvalue weighted by Crippen LogP contribution is 2.19. The molecule has 0 amide bonds. The van der Waals surface area contributed by atoms with E-state index in [-0.39, 0.29) is 0 Å². The first-order valence-electron chi connectivity index (χ1n) is 6.71. The summed E-state index contributed by atoms with van der Waals surface area (Å²) in [6.07, 6.45) is 6.35. The van der Waals surface area contributed by atoms with E-state index in [9.17, 15) is 0 Å². The normalized spacial score (nSPS) is 25.3. The lowest BCUT2D eigenvalue weighted by Gasteiger charge is -2.30. The number of likely N-dealkylation sites (tertiary alicyclic amines) is 1. The van der Waals surface area contributed by atoms with E-state index < -0.39 is 0 Å². The van der Waals surface area contributed by atoms with Gasteiger partial charge in [-0.25, -0.2) is 0 Å². The topological polar surface area (TPSA) is 38.5 Å². The number of methoxy groups -OCH3 is 1. The predicted octanol–water partition coefficient (Wildman–Crippen LogP) is 1.86. The van der Waals surface area contributed by atoms with Crippen LogP contribution in [0.2, 0.25) is 0 Å². The molecule has 3 nitrogen and oxygen atoms in total. The van der Waals surface area contributed by atoms with Crippen LogP contribution in [-0.4, -0.2) is 44.3 Å². The number of rotatable bonds is 6. The molecule has 16 heavy (non-hydrogen) atoms.